The van der Waals surface area contributed by atoms with Gasteiger partial charge in [0.2, 0.25) is 20.0 Å². The predicted octanol–water partition coefficient (Wildman–Crippen LogP) is 3.48. The standard InChI is InChI=1S/C26H33FN2O6S2/c1-18-15-29(19(2)17-30)37(33,34)26-13-8-21(20-6-4-5-7-20)14-24(26)35-25(18)16-28(3)36(31,32)23-11-9-22(27)10-12-23/h6,8-14,18-19,25,30H,4-5,7,15-17H2,1-3H3/t18-,19-,25+/m1/s1. The van der Waals surface area contributed by atoms with E-state index >= 15 is 0 Å². The van der Waals surface area contributed by atoms with Gasteiger partial charge in [0.05, 0.1) is 18.0 Å². The molecule has 8 nitrogen and oxygen atoms in total. The summed E-state index contributed by atoms with van der Waals surface area (Å²) in [6.45, 7) is 3.03. The van der Waals surface area contributed by atoms with Crippen molar-refractivity contribution in [3.8, 4) is 5.75 Å². The number of ether oxygens (including phenoxy) is 1. The molecular weight excluding hydrogens is 519 g/mol. The summed E-state index contributed by atoms with van der Waals surface area (Å²) in [5.74, 6) is -0.801. The summed E-state index contributed by atoms with van der Waals surface area (Å²) >= 11 is 0. The molecule has 37 heavy (non-hydrogen) atoms. The third-order valence-corrected chi connectivity index (χ3v) is 10.9. The molecular formula is C26H33FN2O6S2. The minimum Gasteiger partial charge on any atom is -0.487 e. The van der Waals surface area contributed by atoms with E-state index in [1.54, 1.807) is 26.0 Å². The Morgan fingerprint density at radius 2 is 1.92 bits per heavy atom. The van der Waals surface area contributed by atoms with Gasteiger partial charge >= 0.3 is 0 Å². The molecule has 0 spiro atoms. The lowest BCUT2D eigenvalue weighted by Gasteiger charge is -2.37. The fraction of sp³-hybridized carbons (Fsp3) is 0.462. The first-order valence-electron chi connectivity index (χ1n) is 12.3. The van der Waals surface area contributed by atoms with Crippen molar-refractivity contribution < 1.29 is 31.1 Å². The van der Waals surface area contributed by atoms with Crippen molar-refractivity contribution in [2.24, 2.45) is 5.92 Å². The number of halogens is 1. The first-order chi connectivity index (χ1) is 17.4. The molecule has 4 rings (SSSR count). The largest absolute Gasteiger partial charge is 0.487 e. The number of hydrogen-bond donors (Lipinski definition) is 1. The van der Waals surface area contributed by atoms with Gasteiger partial charge in [-0.3, -0.25) is 0 Å². The molecule has 0 amide bonds. The van der Waals surface area contributed by atoms with Gasteiger partial charge in [-0.25, -0.2) is 21.2 Å². The van der Waals surface area contributed by atoms with Crippen LogP contribution in [-0.2, 0) is 20.0 Å². The van der Waals surface area contributed by atoms with E-state index in [-0.39, 0.29) is 35.2 Å². The molecule has 0 bridgehead atoms. The summed E-state index contributed by atoms with van der Waals surface area (Å²) in [5, 5.41) is 9.81. The molecule has 2 aromatic carbocycles. The molecule has 11 heteroatoms. The van der Waals surface area contributed by atoms with E-state index in [4.69, 9.17) is 4.74 Å². The average molecular weight is 553 g/mol. The molecule has 2 aromatic rings. The molecule has 0 saturated heterocycles. The number of aliphatic hydroxyl groups is 1. The third-order valence-electron chi connectivity index (χ3n) is 7.04. The van der Waals surface area contributed by atoms with Crippen LogP contribution < -0.4 is 4.74 Å². The lowest BCUT2D eigenvalue weighted by atomic mass is 10.0. The van der Waals surface area contributed by atoms with Gasteiger partial charge < -0.3 is 9.84 Å². The molecule has 3 atom stereocenters. The molecule has 1 heterocycles. The monoisotopic (exact) mass is 552 g/mol. The van der Waals surface area contributed by atoms with Crippen LogP contribution in [0.5, 0.6) is 5.75 Å². The fourth-order valence-corrected chi connectivity index (χ4v) is 7.72. The average Bonchev–Trinajstić information content (AvgIpc) is 3.41. The van der Waals surface area contributed by atoms with Crippen molar-refractivity contribution in [1.82, 2.24) is 8.61 Å². The number of likely N-dealkylation sites (N-methyl/N-ethyl adjacent to an activating group) is 1. The van der Waals surface area contributed by atoms with Crippen LogP contribution in [0.1, 0.15) is 38.7 Å². The Morgan fingerprint density at radius 3 is 2.54 bits per heavy atom. The summed E-state index contributed by atoms with van der Waals surface area (Å²) in [5.41, 5.74) is 1.99. The van der Waals surface area contributed by atoms with Gasteiger partial charge in [-0.05, 0) is 73.7 Å². The van der Waals surface area contributed by atoms with Crippen LogP contribution in [-0.4, -0.2) is 69.4 Å². The minimum absolute atomic E-state index is 0.0175. The number of rotatable bonds is 7. The van der Waals surface area contributed by atoms with E-state index < -0.39 is 43.9 Å². The second kappa shape index (κ2) is 10.8. The lowest BCUT2D eigenvalue weighted by Crippen LogP contribution is -2.50. The highest BCUT2D eigenvalue weighted by molar-refractivity contribution is 7.89. The quantitative estimate of drug-likeness (QED) is 0.564. The van der Waals surface area contributed by atoms with Crippen LogP contribution in [0.4, 0.5) is 4.39 Å². The first kappa shape index (κ1) is 27.7. The van der Waals surface area contributed by atoms with Crippen molar-refractivity contribution in [3.05, 3.63) is 59.9 Å². The molecule has 1 N–H and O–H groups in total. The second-order valence-electron chi connectivity index (χ2n) is 9.76. The smallest absolute Gasteiger partial charge is 0.247 e. The molecule has 0 unspecified atom stereocenters. The molecule has 2 aliphatic rings. The Kier molecular flexibility index (Phi) is 8.10. The molecule has 0 fully saturated rings. The topological polar surface area (TPSA) is 104 Å². The summed E-state index contributed by atoms with van der Waals surface area (Å²) in [4.78, 5) is -0.0695. The van der Waals surface area contributed by atoms with Gasteiger partial charge in [0, 0.05) is 25.6 Å². The first-order valence-corrected chi connectivity index (χ1v) is 15.2. The molecule has 0 saturated carbocycles. The van der Waals surface area contributed by atoms with Crippen molar-refractivity contribution in [1.29, 1.82) is 0 Å². The van der Waals surface area contributed by atoms with Gasteiger partial charge in [-0.1, -0.05) is 19.1 Å². The van der Waals surface area contributed by atoms with Crippen LogP contribution in [0.15, 0.2) is 58.3 Å². The van der Waals surface area contributed by atoms with Gasteiger partial charge in [0.15, 0.2) is 0 Å². The van der Waals surface area contributed by atoms with E-state index in [1.165, 1.54) is 29.6 Å². The number of sulfonamides is 2. The zero-order valence-electron chi connectivity index (χ0n) is 21.2. The van der Waals surface area contributed by atoms with Crippen LogP contribution in [0, 0.1) is 11.7 Å². The summed E-state index contributed by atoms with van der Waals surface area (Å²) in [6, 6.07) is 8.92. The molecule has 1 aliphatic carbocycles. The van der Waals surface area contributed by atoms with E-state index in [0.717, 1.165) is 46.8 Å². The van der Waals surface area contributed by atoms with Crippen molar-refractivity contribution in [3.63, 3.8) is 0 Å². The predicted molar refractivity (Wildman–Crippen MR) is 139 cm³/mol. The Morgan fingerprint density at radius 1 is 1.22 bits per heavy atom. The molecule has 0 radical (unpaired) electrons. The Bertz CT molecular complexity index is 1380. The summed E-state index contributed by atoms with van der Waals surface area (Å²) in [6.07, 6.45) is 4.30. The van der Waals surface area contributed by atoms with Crippen LogP contribution in [0.3, 0.4) is 0 Å². The molecule has 0 aromatic heterocycles. The third kappa shape index (κ3) is 5.61. The van der Waals surface area contributed by atoms with Crippen molar-refractivity contribution in [2.75, 3.05) is 26.7 Å². The van der Waals surface area contributed by atoms with Gasteiger partial charge in [-0.15, -0.1) is 0 Å². The van der Waals surface area contributed by atoms with Gasteiger partial charge in [-0.2, -0.15) is 8.61 Å². The zero-order valence-corrected chi connectivity index (χ0v) is 22.8. The highest BCUT2D eigenvalue weighted by Gasteiger charge is 2.39. The van der Waals surface area contributed by atoms with E-state index in [9.17, 15) is 26.3 Å². The highest BCUT2D eigenvalue weighted by atomic mass is 32.2. The number of benzene rings is 2. The van der Waals surface area contributed by atoms with Crippen molar-refractivity contribution in [2.45, 2.75) is 55.0 Å². The van der Waals surface area contributed by atoms with Crippen molar-refractivity contribution >= 4 is 25.6 Å². The summed E-state index contributed by atoms with van der Waals surface area (Å²) < 4.78 is 75.7. The van der Waals surface area contributed by atoms with Crippen LogP contribution in [0.25, 0.3) is 5.57 Å². The lowest BCUT2D eigenvalue weighted by molar-refractivity contribution is 0.0904. The summed E-state index contributed by atoms with van der Waals surface area (Å²) in [7, 11) is -6.53. The maximum Gasteiger partial charge on any atom is 0.247 e. The SMILES string of the molecule is C[C@@H]1CN([C@H](C)CO)S(=O)(=O)c2ccc(C3=CCCC3)cc2O[C@H]1CN(C)S(=O)(=O)c1ccc(F)cc1. The number of fused-ring (bicyclic) bond motifs is 1. The van der Waals surface area contributed by atoms with Gasteiger partial charge in [0.25, 0.3) is 0 Å². The Labute approximate surface area is 218 Å². The number of aliphatic hydroxyl groups excluding tert-OH is 1. The van der Waals surface area contributed by atoms with E-state index in [2.05, 4.69) is 6.08 Å². The minimum atomic E-state index is -3.99. The Hall–Kier alpha value is -2.31. The fourth-order valence-electron chi connectivity index (χ4n) is 4.71. The number of nitrogens with zero attached hydrogens (tertiary/aromatic N) is 2. The van der Waals surface area contributed by atoms with Crippen LogP contribution >= 0.6 is 0 Å². The van der Waals surface area contributed by atoms with Crippen LogP contribution in [0.2, 0.25) is 0 Å². The number of allylic oxidation sites excluding steroid dienone is 2. The maximum atomic E-state index is 13.6. The number of hydrogen-bond acceptors (Lipinski definition) is 6. The van der Waals surface area contributed by atoms with Gasteiger partial charge in [0.1, 0.15) is 22.6 Å². The zero-order chi connectivity index (χ0) is 27.0. The molecule has 1 aliphatic heterocycles. The highest BCUT2D eigenvalue weighted by Crippen LogP contribution is 2.37. The van der Waals surface area contributed by atoms with E-state index in [1.807, 2.05) is 0 Å². The maximum absolute atomic E-state index is 13.6. The normalized spacial score (nSPS) is 23.0. The second-order valence-corrected chi connectivity index (χ2v) is 13.7. The van der Waals surface area contributed by atoms with E-state index in [0.29, 0.717) is 0 Å². The molecule has 202 valence electrons. The Balaban J connectivity index is 1.74.